The molecule has 0 bridgehead atoms. The number of aromatic nitrogens is 4. The highest BCUT2D eigenvalue weighted by molar-refractivity contribution is 7.71. The van der Waals surface area contributed by atoms with Crippen molar-refractivity contribution >= 4 is 23.3 Å². The van der Waals surface area contributed by atoms with Crippen LogP contribution in [0, 0.1) is 4.77 Å². The lowest BCUT2D eigenvalue weighted by molar-refractivity contribution is 0.404. The van der Waals surface area contributed by atoms with Crippen LogP contribution in [-0.4, -0.2) is 19.1 Å². The maximum atomic E-state index is 5.43. The molecule has 2 aromatic heterocycles. The molecular formula is C14H16N4S. The molecule has 1 aromatic carbocycles. The third-order valence-corrected chi connectivity index (χ3v) is 3.42. The number of aromatic amines is 1. The number of nitrogens with zero attached hydrogens (tertiary/aromatic N) is 3. The summed E-state index contributed by atoms with van der Waals surface area (Å²) in [6.45, 7) is 6.46. The Labute approximate surface area is 116 Å². The van der Waals surface area contributed by atoms with Crippen molar-refractivity contribution in [1.29, 1.82) is 0 Å². The van der Waals surface area contributed by atoms with E-state index in [1.165, 1.54) is 0 Å². The molecular weight excluding hydrogens is 256 g/mol. The van der Waals surface area contributed by atoms with Gasteiger partial charge in [-0.25, -0.2) is 4.98 Å². The highest BCUT2D eigenvalue weighted by Gasteiger charge is 2.17. The highest BCUT2D eigenvalue weighted by atomic mass is 32.1. The Hall–Kier alpha value is -1.88. The second-order valence-electron chi connectivity index (χ2n) is 5.61. The zero-order valence-electron chi connectivity index (χ0n) is 11.2. The van der Waals surface area contributed by atoms with Crippen molar-refractivity contribution < 1.29 is 0 Å². The van der Waals surface area contributed by atoms with Gasteiger partial charge in [0.25, 0.3) is 0 Å². The van der Waals surface area contributed by atoms with Crippen molar-refractivity contribution in [1.82, 2.24) is 19.1 Å². The second kappa shape index (κ2) is 4.06. The van der Waals surface area contributed by atoms with Gasteiger partial charge in [-0.05, 0) is 51.2 Å². The van der Waals surface area contributed by atoms with Crippen LogP contribution in [0.3, 0.4) is 0 Å². The van der Waals surface area contributed by atoms with Crippen molar-refractivity contribution in [3.05, 3.63) is 41.7 Å². The van der Waals surface area contributed by atoms with Gasteiger partial charge in [0.1, 0.15) is 0 Å². The lowest BCUT2D eigenvalue weighted by Crippen LogP contribution is -2.21. The molecule has 0 atom stereocenters. The van der Waals surface area contributed by atoms with Crippen LogP contribution >= 0.6 is 12.2 Å². The van der Waals surface area contributed by atoms with E-state index in [1.54, 1.807) is 12.5 Å². The number of hydrogen-bond acceptors (Lipinski definition) is 2. The molecule has 5 heteroatoms. The van der Waals surface area contributed by atoms with Gasteiger partial charge in [0.05, 0.1) is 17.4 Å². The number of imidazole rings is 2. The molecule has 0 unspecified atom stereocenters. The number of hydrogen-bond donors (Lipinski definition) is 1. The number of fused-ring (bicyclic) bond motifs is 1. The van der Waals surface area contributed by atoms with Crippen molar-refractivity contribution in [3.8, 4) is 5.69 Å². The smallest absolute Gasteiger partial charge is 0.178 e. The summed E-state index contributed by atoms with van der Waals surface area (Å²) in [6, 6.07) is 6.25. The number of H-pyrrole nitrogens is 1. The summed E-state index contributed by atoms with van der Waals surface area (Å²) in [5.41, 5.74) is 3.20. The van der Waals surface area contributed by atoms with Gasteiger partial charge in [-0.1, -0.05) is 0 Å². The van der Waals surface area contributed by atoms with Crippen molar-refractivity contribution in [2.45, 2.75) is 26.3 Å². The first-order chi connectivity index (χ1) is 8.97. The minimum absolute atomic E-state index is 0.0527. The monoisotopic (exact) mass is 272 g/mol. The average molecular weight is 272 g/mol. The first-order valence-electron chi connectivity index (χ1n) is 6.20. The van der Waals surface area contributed by atoms with Gasteiger partial charge < -0.3 is 14.1 Å². The van der Waals surface area contributed by atoms with Gasteiger partial charge in [0.15, 0.2) is 4.77 Å². The van der Waals surface area contributed by atoms with Crippen LogP contribution < -0.4 is 0 Å². The zero-order chi connectivity index (χ0) is 13.6. The first kappa shape index (κ1) is 12.2. The molecule has 0 saturated carbocycles. The van der Waals surface area contributed by atoms with Crippen molar-refractivity contribution in [2.75, 3.05) is 0 Å². The SMILES string of the molecule is CC(C)(C)n1c(=S)[nH]c2ccc(-n3ccnc3)cc21. The summed E-state index contributed by atoms with van der Waals surface area (Å²) in [4.78, 5) is 7.34. The molecule has 4 nitrogen and oxygen atoms in total. The molecule has 0 fully saturated rings. The molecule has 0 spiro atoms. The molecule has 0 aliphatic heterocycles. The van der Waals surface area contributed by atoms with Crippen LogP contribution in [0.25, 0.3) is 16.7 Å². The van der Waals surface area contributed by atoms with E-state index in [9.17, 15) is 0 Å². The quantitative estimate of drug-likeness (QED) is 0.687. The van der Waals surface area contributed by atoms with Gasteiger partial charge in [-0.15, -0.1) is 0 Å². The number of benzene rings is 1. The lowest BCUT2D eigenvalue weighted by atomic mass is 10.1. The van der Waals surface area contributed by atoms with E-state index < -0.39 is 0 Å². The van der Waals surface area contributed by atoms with Crippen LogP contribution in [0.5, 0.6) is 0 Å². The van der Waals surface area contributed by atoms with E-state index in [2.05, 4.69) is 53.5 Å². The standard InChI is InChI=1S/C14H16N4S/c1-14(2,3)18-12-8-10(17-7-6-15-9-17)4-5-11(12)16-13(18)19/h4-9H,1-3H3,(H,16,19). The average Bonchev–Trinajstić information content (AvgIpc) is 2.91. The summed E-state index contributed by atoms with van der Waals surface area (Å²) in [5.74, 6) is 0. The molecule has 3 aromatic rings. The summed E-state index contributed by atoms with van der Waals surface area (Å²) < 4.78 is 4.89. The maximum Gasteiger partial charge on any atom is 0.178 e. The Kier molecular flexibility index (Phi) is 2.60. The van der Waals surface area contributed by atoms with Crippen LogP contribution in [0.2, 0.25) is 0 Å². The lowest BCUT2D eigenvalue weighted by Gasteiger charge is -2.22. The molecule has 1 N–H and O–H groups in total. The highest BCUT2D eigenvalue weighted by Crippen LogP contribution is 2.25. The summed E-state index contributed by atoms with van der Waals surface area (Å²) in [6.07, 6.45) is 5.51. The predicted octanol–water partition coefficient (Wildman–Crippen LogP) is 3.64. The molecule has 98 valence electrons. The fourth-order valence-corrected chi connectivity index (χ4v) is 2.81. The molecule has 0 aliphatic rings. The van der Waals surface area contributed by atoms with Gasteiger partial charge in [0.2, 0.25) is 0 Å². The van der Waals surface area contributed by atoms with E-state index >= 15 is 0 Å². The Morgan fingerprint density at radius 1 is 1.26 bits per heavy atom. The Morgan fingerprint density at radius 2 is 2.05 bits per heavy atom. The molecule has 0 aliphatic carbocycles. The summed E-state index contributed by atoms with van der Waals surface area (Å²) >= 11 is 5.43. The number of nitrogens with one attached hydrogen (secondary N) is 1. The first-order valence-corrected chi connectivity index (χ1v) is 6.61. The minimum atomic E-state index is -0.0527. The van der Waals surface area contributed by atoms with Gasteiger partial charge >= 0.3 is 0 Å². The number of rotatable bonds is 1. The third-order valence-electron chi connectivity index (χ3n) is 3.14. The van der Waals surface area contributed by atoms with Gasteiger partial charge in [-0.2, -0.15) is 0 Å². The van der Waals surface area contributed by atoms with E-state index in [-0.39, 0.29) is 5.54 Å². The molecule has 3 rings (SSSR count). The zero-order valence-corrected chi connectivity index (χ0v) is 12.0. The molecule has 2 heterocycles. The van der Waals surface area contributed by atoms with E-state index in [0.29, 0.717) is 0 Å². The van der Waals surface area contributed by atoms with E-state index in [1.807, 2.05) is 10.8 Å². The second-order valence-corrected chi connectivity index (χ2v) is 5.99. The molecule has 0 radical (unpaired) electrons. The summed E-state index contributed by atoms with van der Waals surface area (Å²) in [5, 5.41) is 0. The van der Waals surface area contributed by atoms with Crippen LogP contribution in [-0.2, 0) is 5.54 Å². The molecule has 0 amide bonds. The van der Waals surface area contributed by atoms with Gasteiger partial charge in [0, 0.05) is 23.6 Å². The molecule has 0 saturated heterocycles. The van der Waals surface area contributed by atoms with E-state index in [4.69, 9.17) is 12.2 Å². The normalized spacial score (nSPS) is 12.2. The minimum Gasteiger partial charge on any atom is -0.331 e. The predicted molar refractivity (Wildman–Crippen MR) is 79.2 cm³/mol. The van der Waals surface area contributed by atoms with Crippen LogP contribution in [0.15, 0.2) is 36.9 Å². The third kappa shape index (κ3) is 2.00. The topological polar surface area (TPSA) is 38.5 Å². The molecule has 19 heavy (non-hydrogen) atoms. The van der Waals surface area contributed by atoms with Crippen LogP contribution in [0.4, 0.5) is 0 Å². The Morgan fingerprint density at radius 3 is 2.68 bits per heavy atom. The van der Waals surface area contributed by atoms with E-state index in [0.717, 1.165) is 21.5 Å². The van der Waals surface area contributed by atoms with Gasteiger partial charge in [-0.3, -0.25) is 0 Å². The maximum absolute atomic E-state index is 5.43. The summed E-state index contributed by atoms with van der Waals surface area (Å²) in [7, 11) is 0. The fraction of sp³-hybridized carbons (Fsp3) is 0.286. The fourth-order valence-electron chi connectivity index (χ4n) is 2.33. The Bertz CT molecular complexity index is 772. The Balaban J connectivity index is 2.30. The van der Waals surface area contributed by atoms with Crippen molar-refractivity contribution in [2.24, 2.45) is 0 Å². The largest absolute Gasteiger partial charge is 0.331 e. The van der Waals surface area contributed by atoms with Crippen molar-refractivity contribution in [3.63, 3.8) is 0 Å². The van der Waals surface area contributed by atoms with Crippen LogP contribution in [0.1, 0.15) is 20.8 Å².